The van der Waals surface area contributed by atoms with E-state index in [-0.39, 0.29) is 0 Å². The average molecular weight is 324 g/mol. The topological polar surface area (TPSA) is 33.4 Å². The minimum atomic E-state index is -0.691. The standard InChI is InChI=1S/C23H16O2/c24-23(20-10-5-7-15-6-1-2-8-17(15)20)16-12-13-19-18-9-3-4-11-21(18)25-22(19)14-16/h1-14,23-24H. The molecule has 2 nitrogen and oxygen atoms in total. The summed E-state index contributed by atoms with van der Waals surface area (Å²) >= 11 is 0. The van der Waals surface area contributed by atoms with Crippen LogP contribution in [0.2, 0.25) is 0 Å². The molecule has 5 aromatic rings. The molecule has 0 radical (unpaired) electrons. The second kappa shape index (κ2) is 5.47. The Morgan fingerprint density at radius 3 is 2.28 bits per heavy atom. The molecular weight excluding hydrogens is 308 g/mol. The first kappa shape index (κ1) is 14.3. The summed E-state index contributed by atoms with van der Waals surface area (Å²) < 4.78 is 5.96. The van der Waals surface area contributed by atoms with Crippen molar-refractivity contribution in [3.63, 3.8) is 0 Å². The Morgan fingerprint density at radius 2 is 1.36 bits per heavy atom. The van der Waals surface area contributed by atoms with E-state index < -0.39 is 6.10 Å². The van der Waals surface area contributed by atoms with Gasteiger partial charge in [-0.15, -0.1) is 0 Å². The van der Waals surface area contributed by atoms with Gasteiger partial charge in [-0.3, -0.25) is 0 Å². The number of furan rings is 1. The van der Waals surface area contributed by atoms with E-state index in [2.05, 4.69) is 18.2 Å². The molecule has 25 heavy (non-hydrogen) atoms. The third kappa shape index (κ3) is 2.23. The van der Waals surface area contributed by atoms with Crippen molar-refractivity contribution in [3.05, 3.63) is 96.1 Å². The van der Waals surface area contributed by atoms with Gasteiger partial charge in [-0.2, -0.15) is 0 Å². The fourth-order valence-electron chi connectivity index (χ4n) is 3.58. The lowest BCUT2D eigenvalue weighted by Gasteiger charge is -2.14. The van der Waals surface area contributed by atoms with E-state index in [9.17, 15) is 5.11 Å². The number of rotatable bonds is 2. The van der Waals surface area contributed by atoms with Crippen molar-refractivity contribution in [2.75, 3.05) is 0 Å². The van der Waals surface area contributed by atoms with Gasteiger partial charge in [0.25, 0.3) is 0 Å². The summed E-state index contributed by atoms with van der Waals surface area (Å²) in [4.78, 5) is 0. The van der Waals surface area contributed by atoms with E-state index in [1.54, 1.807) is 0 Å². The van der Waals surface area contributed by atoms with E-state index in [1.165, 1.54) is 0 Å². The molecule has 4 aromatic carbocycles. The van der Waals surface area contributed by atoms with Gasteiger partial charge >= 0.3 is 0 Å². The number of hydrogen-bond acceptors (Lipinski definition) is 2. The highest BCUT2D eigenvalue weighted by molar-refractivity contribution is 6.05. The molecule has 5 rings (SSSR count). The van der Waals surface area contributed by atoms with Gasteiger partial charge in [0, 0.05) is 10.8 Å². The molecular formula is C23H16O2. The molecule has 0 saturated carbocycles. The largest absolute Gasteiger partial charge is 0.456 e. The van der Waals surface area contributed by atoms with Crippen molar-refractivity contribution in [1.82, 2.24) is 0 Å². The first-order chi connectivity index (χ1) is 12.3. The molecule has 1 aromatic heterocycles. The van der Waals surface area contributed by atoms with Gasteiger partial charge in [0.15, 0.2) is 0 Å². The van der Waals surface area contributed by atoms with Gasteiger partial charge in [-0.1, -0.05) is 72.8 Å². The smallest absolute Gasteiger partial charge is 0.135 e. The summed E-state index contributed by atoms with van der Waals surface area (Å²) in [5.74, 6) is 0. The van der Waals surface area contributed by atoms with Crippen molar-refractivity contribution in [2.45, 2.75) is 6.10 Å². The number of benzene rings is 4. The summed E-state index contributed by atoms with van der Waals surface area (Å²) in [6, 6.07) is 28.1. The van der Waals surface area contributed by atoms with Crippen LogP contribution in [0.1, 0.15) is 17.2 Å². The molecule has 0 aliphatic rings. The zero-order chi connectivity index (χ0) is 16.8. The van der Waals surface area contributed by atoms with E-state index in [0.717, 1.165) is 43.8 Å². The van der Waals surface area contributed by atoms with E-state index in [0.29, 0.717) is 0 Å². The third-order valence-corrected chi connectivity index (χ3v) is 4.84. The van der Waals surface area contributed by atoms with Crippen LogP contribution in [-0.4, -0.2) is 5.11 Å². The number of aliphatic hydroxyl groups excluding tert-OH is 1. The molecule has 1 unspecified atom stereocenters. The first-order valence-electron chi connectivity index (χ1n) is 8.38. The highest BCUT2D eigenvalue weighted by Gasteiger charge is 2.15. The Kier molecular flexibility index (Phi) is 3.12. The van der Waals surface area contributed by atoms with Crippen LogP contribution in [0.25, 0.3) is 32.7 Å². The Labute approximate surface area is 144 Å². The van der Waals surface area contributed by atoms with Crippen LogP contribution in [0, 0.1) is 0 Å². The summed E-state index contributed by atoms with van der Waals surface area (Å²) in [5.41, 5.74) is 3.42. The molecule has 1 heterocycles. The molecule has 0 aliphatic heterocycles. The maximum atomic E-state index is 11.0. The van der Waals surface area contributed by atoms with Crippen LogP contribution in [0.3, 0.4) is 0 Å². The van der Waals surface area contributed by atoms with Gasteiger partial charge in [0.05, 0.1) is 0 Å². The predicted molar refractivity (Wildman–Crippen MR) is 102 cm³/mol. The minimum Gasteiger partial charge on any atom is -0.456 e. The molecule has 0 saturated heterocycles. The van der Waals surface area contributed by atoms with E-state index in [1.807, 2.05) is 66.7 Å². The molecule has 0 amide bonds. The zero-order valence-corrected chi connectivity index (χ0v) is 13.5. The van der Waals surface area contributed by atoms with Crippen molar-refractivity contribution < 1.29 is 9.52 Å². The van der Waals surface area contributed by atoms with Crippen LogP contribution in [0.4, 0.5) is 0 Å². The fourth-order valence-corrected chi connectivity index (χ4v) is 3.58. The molecule has 2 heteroatoms. The Bertz CT molecular complexity index is 1210. The Balaban J connectivity index is 1.68. The van der Waals surface area contributed by atoms with Crippen LogP contribution < -0.4 is 0 Å². The quantitative estimate of drug-likeness (QED) is 0.444. The molecule has 1 N–H and O–H groups in total. The number of hydrogen-bond donors (Lipinski definition) is 1. The highest BCUT2D eigenvalue weighted by Crippen LogP contribution is 2.33. The normalized spacial score (nSPS) is 12.8. The number of fused-ring (bicyclic) bond motifs is 4. The summed E-state index contributed by atoms with van der Waals surface area (Å²) in [5, 5.41) is 15.4. The lowest BCUT2D eigenvalue weighted by molar-refractivity contribution is 0.222. The second-order valence-electron chi connectivity index (χ2n) is 6.32. The van der Waals surface area contributed by atoms with E-state index >= 15 is 0 Å². The van der Waals surface area contributed by atoms with Gasteiger partial charge in [0.2, 0.25) is 0 Å². The van der Waals surface area contributed by atoms with Gasteiger partial charge in [-0.05, 0) is 34.0 Å². The van der Waals surface area contributed by atoms with Crippen molar-refractivity contribution in [3.8, 4) is 0 Å². The average Bonchev–Trinajstić information content (AvgIpc) is 3.04. The Hall–Kier alpha value is -3.10. The summed E-state index contributed by atoms with van der Waals surface area (Å²) in [6.45, 7) is 0. The first-order valence-corrected chi connectivity index (χ1v) is 8.38. The molecule has 0 spiro atoms. The van der Waals surface area contributed by atoms with Crippen LogP contribution in [0.15, 0.2) is 89.3 Å². The SMILES string of the molecule is OC(c1ccc2c(c1)oc1ccccc12)c1cccc2ccccc12. The minimum absolute atomic E-state index is 0.691. The van der Waals surface area contributed by atoms with Crippen LogP contribution in [-0.2, 0) is 0 Å². The van der Waals surface area contributed by atoms with Crippen molar-refractivity contribution in [2.24, 2.45) is 0 Å². The molecule has 1 atom stereocenters. The van der Waals surface area contributed by atoms with Crippen molar-refractivity contribution in [1.29, 1.82) is 0 Å². The third-order valence-electron chi connectivity index (χ3n) is 4.84. The van der Waals surface area contributed by atoms with E-state index in [4.69, 9.17) is 4.42 Å². The maximum absolute atomic E-state index is 11.0. The fraction of sp³-hybridized carbons (Fsp3) is 0.0435. The number of para-hydroxylation sites is 1. The molecule has 0 aliphatic carbocycles. The molecule has 0 bridgehead atoms. The van der Waals surface area contributed by atoms with Crippen LogP contribution >= 0.6 is 0 Å². The monoisotopic (exact) mass is 324 g/mol. The lowest BCUT2D eigenvalue weighted by atomic mass is 9.95. The van der Waals surface area contributed by atoms with Gasteiger partial charge < -0.3 is 9.52 Å². The zero-order valence-electron chi connectivity index (χ0n) is 13.5. The molecule has 0 fully saturated rings. The Morgan fingerprint density at radius 1 is 0.640 bits per heavy atom. The summed E-state index contributed by atoms with van der Waals surface area (Å²) in [6.07, 6.45) is -0.691. The molecule has 120 valence electrons. The van der Waals surface area contributed by atoms with Crippen molar-refractivity contribution >= 4 is 32.7 Å². The van der Waals surface area contributed by atoms with Crippen LogP contribution in [0.5, 0.6) is 0 Å². The number of aliphatic hydroxyl groups is 1. The van der Waals surface area contributed by atoms with Gasteiger partial charge in [0.1, 0.15) is 17.3 Å². The lowest BCUT2D eigenvalue weighted by Crippen LogP contribution is -2.00. The highest BCUT2D eigenvalue weighted by atomic mass is 16.3. The second-order valence-corrected chi connectivity index (χ2v) is 6.32. The maximum Gasteiger partial charge on any atom is 0.135 e. The summed E-state index contributed by atoms with van der Waals surface area (Å²) in [7, 11) is 0. The predicted octanol–water partition coefficient (Wildman–Crippen LogP) is 5.82. The van der Waals surface area contributed by atoms with Gasteiger partial charge in [-0.25, -0.2) is 0 Å².